The van der Waals surface area contributed by atoms with Gasteiger partial charge < -0.3 is 10.1 Å². The predicted molar refractivity (Wildman–Crippen MR) is 87.4 cm³/mol. The van der Waals surface area contributed by atoms with E-state index in [1.807, 2.05) is 24.3 Å². The summed E-state index contributed by atoms with van der Waals surface area (Å²) in [6, 6.07) is 7.58. The summed E-state index contributed by atoms with van der Waals surface area (Å²) in [6.07, 6.45) is 6.58. The molecule has 21 heavy (non-hydrogen) atoms. The number of nitrogens with one attached hydrogen (secondary N) is 1. The zero-order chi connectivity index (χ0) is 15.5. The van der Waals surface area contributed by atoms with Crippen molar-refractivity contribution in [2.75, 3.05) is 13.7 Å². The number of rotatable bonds is 10. The van der Waals surface area contributed by atoms with Gasteiger partial charge in [0.25, 0.3) is 0 Å². The van der Waals surface area contributed by atoms with Crippen molar-refractivity contribution in [3.05, 3.63) is 35.4 Å². The van der Waals surface area contributed by atoms with Gasteiger partial charge in [-0.05, 0) is 36.6 Å². The number of hydrogen-bond acceptors (Lipinski definition) is 3. The predicted octanol–water partition coefficient (Wildman–Crippen LogP) is 4.17. The molecule has 1 aromatic carbocycles. The third-order valence-electron chi connectivity index (χ3n) is 3.59. The number of carbonyl (C=O) groups is 1. The number of benzene rings is 1. The summed E-state index contributed by atoms with van der Waals surface area (Å²) in [5, 5.41) is 3.45. The molecule has 0 radical (unpaired) electrons. The molecule has 118 valence electrons. The first-order valence-corrected chi connectivity index (χ1v) is 8.01. The van der Waals surface area contributed by atoms with Crippen LogP contribution in [0.5, 0.6) is 0 Å². The van der Waals surface area contributed by atoms with Crippen LogP contribution in [0, 0.1) is 5.92 Å². The molecule has 0 heterocycles. The Hall–Kier alpha value is -1.35. The maximum absolute atomic E-state index is 11.3. The molecule has 0 saturated heterocycles. The van der Waals surface area contributed by atoms with Crippen LogP contribution in [0.2, 0.25) is 0 Å². The van der Waals surface area contributed by atoms with Gasteiger partial charge in [-0.25, -0.2) is 4.79 Å². The Labute approximate surface area is 129 Å². The summed E-state index contributed by atoms with van der Waals surface area (Å²) >= 11 is 0. The Balaban J connectivity index is 2.09. The summed E-state index contributed by atoms with van der Waals surface area (Å²) in [5.41, 5.74) is 1.80. The Morgan fingerprint density at radius 3 is 2.38 bits per heavy atom. The van der Waals surface area contributed by atoms with Gasteiger partial charge in [-0.1, -0.05) is 51.7 Å². The molecule has 0 aromatic heterocycles. The fourth-order valence-corrected chi connectivity index (χ4v) is 2.27. The first kappa shape index (κ1) is 17.7. The van der Waals surface area contributed by atoms with Gasteiger partial charge in [0.15, 0.2) is 0 Å². The molecule has 0 aliphatic rings. The van der Waals surface area contributed by atoms with Crippen LogP contribution in [-0.4, -0.2) is 19.6 Å². The fourth-order valence-electron chi connectivity index (χ4n) is 2.27. The fraction of sp³-hybridized carbons (Fsp3) is 0.611. The van der Waals surface area contributed by atoms with Crippen LogP contribution in [0.1, 0.15) is 61.9 Å². The van der Waals surface area contributed by atoms with Gasteiger partial charge in [-0.3, -0.25) is 0 Å². The van der Waals surface area contributed by atoms with Gasteiger partial charge in [0.05, 0.1) is 12.7 Å². The molecule has 1 N–H and O–H groups in total. The Morgan fingerprint density at radius 1 is 1.10 bits per heavy atom. The van der Waals surface area contributed by atoms with E-state index in [1.54, 1.807) is 0 Å². The average Bonchev–Trinajstić information content (AvgIpc) is 2.49. The Bertz CT molecular complexity index is 398. The van der Waals surface area contributed by atoms with E-state index < -0.39 is 0 Å². The average molecular weight is 291 g/mol. The summed E-state index contributed by atoms with van der Waals surface area (Å²) in [6.45, 7) is 6.48. The summed E-state index contributed by atoms with van der Waals surface area (Å²) in [7, 11) is 1.40. The molecular formula is C18H29NO2. The van der Waals surface area contributed by atoms with Crippen molar-refractivity contribution < 1.29 is 9.53 Å². The smallest absolute Gasteiger partial charge is 0.337 e. The van der Waals surface area contributed by atoms with Crippen LogP contribution in [0.15, 0.2) is 24.3 Å². The molecule has 0 spiro atoms. The molecule has 3 heteroatoms. The molecule has 1 rings (SSSR count). The number of carbonyl (C=O) groups excluding carboxylic acids is 1. The van der Waals surface area contributed by atoms with E-state index >= 15 is 0 Å². The van der Waals surface area contributed by atoms with Crippen molar-refractivity contribution in [2.45, 2.75) is 52.5 Å². The van der Waals surface area contributed by atoms with Gasteiger partial charge in [0.1, 0.15) is 0 Å². The van der Waals surface area contributed by atoms with Crippen molar-refractivity contribution in [2.24, 2.45) is 5.92 Å². The highest BCUT2D eigenvalue weighted by atomic mass is 16.5. The summed E-state index contributed by atoms with van der Waals surface area (Å²) < 4.78 is 4.68. The van der Waals surface area contributed by atoms with E-state index in [2.05, 4.69) is 23.9 Å². The first-order valence-electron chi connectivity index (χ1n) is 8.01. The number of ether oxygens (including phenoxy) is 1. The molecule has 0 aliphatic heterocycles. The lowest BCUT2D eigenvalue weighted by Crippen LogP contribution is -2.14. The van der Waals surface area contributed by atoms with Gasteiger partial charge in [-0.2, -0.15) is 0 Å². The second kappa shape index (κ2) is 10.4. The molecule has 0 bridgehead atoms. The second-order valence-corrected chi connectivity index (χ2v) is 5.96. The van der Waals surface area contributed by atoms with E-state index in [1.165, 1.54) is 44.8 Å². The molecule has 0 fully saturated rings. The highest BCUT2D eigenvalue weighted by Gasteiger charge is 2.03. The van der Waals surface area contributed by atoms with E-state index in [-0.39, 0.29) is 5.97 Å². The second-order valence-electron chi connectivity index (χ2n) is 5.96. The van der Waals surface area contributed by atoms with Crippen molar-refractivity contribution in [3.63, 3.8) is 0 Å². The number of hydrogen-bond donors (Lipinski definition) is 1. The van der Waals surface area contributed by atoms with E-state index in [0.29, 0.717) is 5.56 Å². The quantitative estimate of drug-likeness (QED) is 0.519. The van der Waals surface area contributed by atoms with Gasteiger partial charge in [0, 0.05) is 6.54 Å². The zero-order valence-electron chi connectivity index (χ0n) is 13.7. The minimum Gasteiger partial charge on any atom is -0.465 e. The van der Waals surface area contributed by atoms with Crippen molar-refractivity contribution in [3.8, 4) is 0 Å². The van der Waals surface area contributed by atoms with Crippen molar-refractivity contribution in [1.29, 1.82) is 0 Å². The lowest BCUT2D eigenvalue weighted by atomic mass is 10.0. The molecule has 0 saturated carbocycles. The van der Waals surface area contributed by atoms with Crippen LogP contribution in [0.4, 0.5) is 0 Å². The zero-order valence-corrected chi connectivity index (χ0v) is 13.7. The summed E-state index contributed by atoms with van der Waals surface area (Å²) in [4.78, 5) is 11.3. The minimum atomic E-state index is -0.282. The number of methoxy groups -OCH3 is 1. The highest BCUT2D eigenvalue weighted by molar-refractivity contribution is 5.89. The van der Waals surface area contributed by atoms with E-state index in [4.69, 9.17) is 0 Å². The maximum atomic E-state index is 11.3. The lowest BCUT2D eigenvalue weighted by Gasteiger charge is -2.07. The first-order chi connectivity index (χ1) is 10.1. The molecule has 0 unspecified atom stereocenters. The Morgan fingerprint density at radius 2 is 1.76 bits per heavy atom. The lowest BCUT2D eigenvalue weighted by molar-refractivity contribution is 0.0600. The van der Waals surface area contributed by atoms with Gasteiger partial charge in [-0.15, -0.1) is 0 Å². The van der Waals surface area contributed by atoms with E-state index in [0.717, 1.165) is 19.0 Å². The van der Waals surface area contributed by atoms with Crippen molar-refractivity contribution in [1.82, 2.24) is 5.32 Å². The largest absolute Gasteiger partial charge is 0.465 e. The molecular weight excluding hydrogens is 262 g/mol. The topological polar surface area (TPSA) is 38.3 Å². The van der Waals surface area contributed by atoms with Gasteiger partial charge in [0.2, 0.25) is 0 Å². The molecule has 1 aromatic rings. The SMILES string of the molecule is COC(=O)c1ccc(CNCCCCCCC(C)C)cc1. The molecule has 0 atom stereocenters. The van der Waals surface area contributed by atoms with Crippen LogP contribution in [0.25, 0.3) is 0 Å². The van der Waals surface area contributed by atoms with Gasteiger partial charge >= 0.3 is 5.97 Å². The molecule has 0 amide bonds. The van der Waals surface area contributed by atoms with Crippen LogP contribution >= 0.6 is 0 Å². The highest BCUT2D eigenvalue weighted by Crippen LogP contribution is 2.09. The minimum absolute atomic E-state index is 0.282. The van der Waals surface area contributed by atoms with Crippen LogP contribution in [0.3, 0.4) is 0 Å². The molecule has 0 aliphatic carbocycles. The normalized spacial score (nSPS) is 10.9. The third-order valence-corrected chi connectivity index (χ3v) is 3.59. The van der Waals surface area contributed by atoms with E-state index in [9.17, 15) is 4.79 Å². The Kier molecular flexibility index (Phi) is 8.76. The van der Waals surface area contributed by atoms with Crippen LogP contribution < -0.4 is 5.32 Å². The van der Waals surface area contributed by atoms with Crippen LogP contribution in [-0.2, 0) is 11.3 Å². The summed E-state index contributed by atoms with van der Waals surface area (Å²) in [5.74, 6) is 0.548. The molecule has 3 nitrogen and oxygen atoms in total. The number of esters is 1. The maximum Gasteiger partial charge on any atom is 0.337 e. The third kappa shape index (κ3) is 7.86. The number of unbranched alkanes of at least 4 members (excludes halogenated alkanes) is 3. The monoisotopic (exact) mass is 291 g/mol. The van der Waals surface area contributed by atoms with Crippen molar-refractivity contribution >= 4 is 5.97 Å². The standard InChI is InChI=1S/C18H29NO2/c1-15(2)8-6-4-5-7-13-19-14-16-9-11-17(12-10-16)18(20)21-3/h9-12,15,19H,4-8,13-14H2,1-3H3.